The van der Waals surface area contributed by atoms with E-state index >= 15 is 0 Å². The normalized spacial score (nSPS) is 14.2. The Morgan fingerprint density at radius 2 is 1.90 bits per heavy atom. The Balaban J connectivity index is 2.05. The van der Waals surface area contributed by atoms with Gasteiger partial charge in [0.15, 0.2) is 0 Å². The summed E-state index contributed by atoms with van der Waals surface area (Å²) in [6.45, 7) is 1.94. The van der Waals surface area contributed by atoms with Gasteiger partial charge in [-0.2, -0.15) is 0 Å². The van der Waals surface area contributed by atoms with Gasteiger partial charge in [0.2, 0.25) is 11.6 Å². The van der Waals surface area contributed by atoms with E-state index in [9.17, 15) is 9.59 Å². The van der Waals surface area contributed by atoms with Crippen LogP contribution in [0.4, 0.5) is 5.69 Å². The zero-order valence-corrected chi connectivity index (χ0v) is 11.9. The first-order valence-electron chi connectivity index (χ1n) is 6.36. The molecule has 3 rings (SSSR count). The Morgan fingerprint density at radius 3 is 2.67 bits per heavy atom. The topological polar surface area (TPSA) is 59.1 Å². The molecule has 0 saturated heterocycles. The number of benzene rings is 1. The van der Waals surface area contributed by atoms with Crippen molar-refractivity contribution in [1.29, 1.82) is 0 Å². The van der Waals surface area contributed by atoms with Gasteiger partial charge in [0, 0.05) is 11.9 Å². The second-order valence-electron chi connectivity index (χ2n) is 4.74. The number of carbonyl (C=O) groups excluding carboxylic acids is 2. The minimum Gasteiger partial charge on any atom is -0.351 e. The Labute approximate surface area is 126 Å². The van der Waals surface area contributed by atoms with Gasteiger partial charge in [-0.15, -0.1) is 0 Å². The van der Waals surface area contributed by atoms with Crippen LogP contribution in [-0.4, -0.2) is 16.6 Å². The molecule has 4 nitrogen and oxygen atoms in total. The van der Waals surface area contributed by atoms with E-state index in [0.717, 1.165) is 5.56 Å². The van der Waals surface area contributed by atoms with E-state index in [1.165, 1.54) is 6.20 Å². The fraction of sp³-hybridized carbons (Fsp3) is 0.0625. The van der Waals surface area contributed by atoms with Crippen LogP contribution in [-0.2, 0) is 0 Å². The van der Waals surface area contributed by atoms with Gasteiger partial charge in [0.05, 0.1) is 5.56 Å². The number of rotatable bonds is 2. The van der Waals surface area contributed by atoms with Crippen molar-refractivity contribution >= 4 is 28.9 Å². The van der Waals surface area contributed by atoms with E-state index in [1.54, 1.807) is 18.2 Å². The average molecular weight is 299 g/mol. The molecular weight excluding hydrogens is 288 g/mol. The molecule has 0 amide bonds. The van der Waals surface area contributed by atoms with E-state index in [1.807, 2.05) is 25.1 Å². The van der Waals surface area contributed by atoms with Crippen LogP contribution in [0.1, 0.15) is 26.4 Å². The highest BCUT2D eigenvalue weighted by Crippen LogP contribution is 2.28. The fourth-order valence-electron chi connectivity index (χ4n) is 2.20. The molecule has 5 heteroatoms. The molecule has 0 bridgehead atoms. The number of pyridine rings is 1. The number of nitrogens with zero attached hydrogens (tertiary/aromatic N) is 1. The van der Waals surface area contributed by atoms with Gasteiger partial charge >= 0.3 is 0 Å². The molecule has 0 aliphatic heterocycles. The quantitative estimate of drug-likeness (QED) is 0.924. The van der Waals surface area contributed by atoms with Crippen molar-refractivity contribution in [2.75, 3.05) is 5.32 Å². The van der Waals surface area contributed by atoms with Gasteiger partial charge in [-0.05, 0) is 36.8 Å². The zero-order valence-electron chi connectivity index (χ0n) is 11.2. The number of nitrogens with one attached hydrogen (secondary N) is 1. The summed E-state index contributed by atoms with van der Waals surface area (Å²) >= 11 is 6.05. The number of halogens is 1. The van der Waals surface area contributed by atoms with E-state index < -0.39 is 5.78 Å². The first kappa shape index (κ1) is 13.5. The van der Waals surface area contributed by atoms with Crippen LogP contribution in [0.25, 0.3) is 0 Å². The third-order valence-corrected chi connectivity index (χ3v) is 3.56. The van der Waals surface area contributed by atoms with Gasteiger partial charge in [-0.3, -0.25) is 14.6 Å². The summed E-state index contributed by atoms with van der Waals surface area (Å²) in [5.74, 6) is -0.772. The molecule has 0 saturated carbocycles. The highest BCUT2D eigenvalue weighted by molar-refractivity contribution is 6.50. The number of Topliss-reactive ketones (excluding diaryl/α,β-unsaturated/α-hetero) is 2. The van der Waals surface area contributed by atoms with Crippen LogP contribution in [0.15, 0.2) is 53.3 Å². The molecule has 0 radical (unpaired) electrons. The van der Waals surface area contributed by atoms with Crippen molar-refractivity contribution in [2.24, 2.45) is 0 Å². The van der Waals surface area contributed by atoms with Gasteiger partial charge < -0.3 is 5.32 Å². The van der Waals surface area contributed by atoms with Gasteiger partial charge in [0.1, 0.15) is 16.4 Å². The molecule has 104 valence electrons. The van der Waals surface area contributed by atoms with Crippen molar-refractivity contribution in [3.63, 3.8) is 0 Å². The highest BCUT2D eigenvalue weighted by Gasteiger charge is 2.32. The molecule has 1 aromatic carbocycles. The highest BCUT2D eigenvalue weighted by atomic mass is 35.5. The molecule has 1 heterocycles. The van der Waals surface area contributed by atoms with Crippen molar-refractivity contribution in [3.8, 4) is 0 Å². The second kappa shape index (κ2) is 5.14. The predicted octanol–water partition coefficient (Wildman–Crippen LogP) is 3.33. The summed E-state index contributed by atoms with van der Waals surface area (Å²) < 4.78 is 0. The summed E-state index contributed by atoms with van der Waals surface area (Å²) in [6.07, 6.45) is 1.47. The summed E-state index contributed by atoms with van der Waals surface area (Å²) in [6, 6.07) is 10.7. The largest absolute Gasteiger partial charge is 0.351 e. The Kier molecular flexibility index (Phi) is 3.31. The lowest BCUT2D eigenvalue weighted by Gasteiger charge is -2.18. The first-order chi connectivity index (χ1) is 10.1. The predicted molar refractivity (Wildman–Crippen MR) is 80.6 cm³/mol. The van der Waals surface area contributed by atoms with Crippen LogP contribution < -0.4 is 5.32 Å². The maximum absolute atomic E-state index is 12.5. The Bertz CT molecular complexity index is 796. The van der Waals surface area contributed by atoms with Crippen molar-refractivity contribution in [3.05, 3.63) is 70.1 Å². The minimum absolute atomic E-state index is 0.0905. The molecule has 0 fully saturated rings. The third kappa shape index (κ3) is 2.34. The number of aryl methyl sites for hydroxylation is 1. The number of hydrogen-bond donors (Lipinski definition) is 1. The molecule has 21 heavy (non-hydrogen) atoms. The van der Waals surface area contributed by atoms with E-state index in [4.69, 9.17) is 11.6 Å². The number of ketones is 2. The first-order valence-corrected chi connectivity index (χ1v) is 6.73. The lowest BCUT2D eigenvalue weighted by Crippen LogP contribution is -2.25. The lowest BCUT2D eigenvalue weighted by atomic mass is 9.96. The molecule has 0 atom stereocenters. The smallest absolute Gasteiger partial charge is 0.225 e. The van der Waals surface area contributed by atoms with Crippen molar-refractivity contribution in [2.45, 2.75) is 6.92 Å². The number of carbonyl (C=O) groups is 2. The molecule has 2 aromatic rings. The maximum Gasteiger partial charge on any atom is 0.225 e. The number of anilines is 1. The maximum atomic E-state index is 12.5. The van der Waals surface area contributed by atoms with Crippen LogP contribution >= 0.6 is 11.6 Å². The number of hydrogen-bond acceptors (Lipinski definition) is 4. The van der Waals surface area contributed by atoms with Crippen LogP contribution in [0.3, 0.4) is 0 Å². The molecule has 0 spiro atoms. The van der Waals surface area contributed by atoms with E-state index in [-0.39, 0.29) is 27.8 Å². The average Bonchev–Trinajstić information content (AvgIpc) is 2.49. The third-order valence-electron chi connectivity index (χ3n) is 3.20. The number of allylic oxidation sites excluding steroid dienone is 2. The van der Waals surface area contributed by atoms with Crippen LogP contribution in [0.2, 0.25) is 0 Å². The fourth-order valence-corrected chi connectivity index (χ4v) is 2.42. The summed E-state index contributed by atoms with van der Waals surface area (Å²) in [5, 5.41) is 2.81. The lowest BCUT2D eigenvalue weighted by molar-refractivity contribution is 0.0978. The molecule has 1 aliphatic carbocycles. The Hall–Kier alpha value is -2.46. The van der Waals surface area contributed by atoms with Crippen LogP contribution in [0.5, 0.6) is 0 Å². The summed E-state index contributed by atoms with van der Waals surface area (Å²) in [5.41, 5.74) is 2.20. The van der Waals surface area contributed by atoms with E-state index in [2.05, 4.69) is 10.3 Å². The zero-order chi connectivity index (χ0) is 15.0. The molecule has 1 N–H and O–H groups in total. The molecule has 1 aromatic heterocycles. The van der Waals surface area contributed by atoms with Crippen molar-refractivity contribution in [1.82, 2.24) is 4.98 Å². The summed E-state index contributed by atoms with van der Waals surface area (Å²) in [7, 11) is 0. The SMILES string of the molecule is Cc1cccc(NC2=C(Cl)C(=O)c3ncccc3C2=O)c1. The standard InChI is InChI=1S/C16H11ClN2O2/c1-9-4-2-5-10(8-9)19-14-12(17)16(21)13-11(15(14)20)6-3-7-18-13/h2-8,19H,1H3. The van der Waals surface area contributed by atoms with Gasteiger partial charge in [0.25, 0.3) is 0 Å². The minimum atomic E-state index is -0.443. The number of fused-ring (bicyclic) bond motifs is 1. The number of aromatic nitrogens is 1. The van der Waals surface area contributed by atoms with Crippen molar-refractivity contribution < 1.29 is 9.59 Å². The van der Waals surface area contributed by atoms with Gasteiger partial charge in [-0.25, -0.2) is 0 Å². The van der Waals surface area contributed by atoms with Gasteiger partial charge in [-0.1, -0.05) is 23.7 Å². The summed E-state index contributed by atoms with van der Waals surface area (Å²) in [4.78, 5) is 28.6. The molecule has 1 aliphatic rings. The second-order valence-corrected chi connectivity index (χ2v) is 5.12. The Morgan fingerprint density at radius 1 is 1.10 bits per heavy atom. The van der Waals surface area contributed by atoms with Crippen LogP contribution in [0, 0.1) is 6.92 Å². The monoisotopic (exact) mass is 298 g/mol. The van der Waals surface area contributed by atoms with E-state index in [0.29, 0.717) is 5.69 Å². The molecular formula is C16H11ClN2O2. The molecule has 0 unspecified atom stereocenters.